The highest BCUT2D eigenvalue weighted by Crippen LogP contribution is 2.46. The number of imide groups is 2. The van der Waals surface area contributed by atoms with Crippen LogP contribution in [-0.4, -0.2) is 94.6 Å². The van der Waals surface area contributed by atoms with E-state index in [1.165, 1.54) is 0 Å². The molecule has 274 valence electrons. The Bertz CT molecular complexity index is 1500. The second kappa shape index (κ2) is 15.0. The quantitative estimate of drug-likeness (QED) is 0.333. The number of rotatable bonds is 10. The number of hydrogen-bond donors (Lipinski definition) is 2. The SMILES string of the molecule is CC(C)(C)OC(=O)N[C@H](C(=O)N1C(=O)OC[C@@H]1Cc1ccccc1)[C@H]1C[C@@H]1[C@H](NC(=O)OC(C)(C)C)C(=O)N1C(=O)OC[C@@H]1Cc1ccccc1. The van der Waals surface area contributed by atoms with Crippen molar-refractivity contribution >= 4 is 36.2 Å². The maximum atomic E-state index is 14.3. The molecule has 1 saturated carbocycles. The molecule has 0 spiro atoms. The first-order valence-corrected chi connectivity index (χ1v) is 17.1. The monoisotopic (exact) mass is 706 g/mol. The summed E-state index contributed by atoms with van der Waals surface area (Å²) in [6.45, 7) is 9.89. The van der Waals surface area contributed by atoms with Crippen LogP contribution >= 0.6 is 0 Å². The van der Waals surface area contributed by atoms with Crippen LogP contribution in [0.5, 0.6) is 0 Å². The number of nitrogens with one attached hydrogen (secondary N) is 2. The average molecular weight is 707 g/mol. The Labute approximate surface area is 297 Å². The van der Waals surface area contributed by atoms with E-state index in [1.54, 1.807) is 41.5 Å². The number of carbonyl (C=O) groups is 6. The van der Waals surface area contributed by atoms with Gasteiger partial charge in [-0.05, 0) is 83.8 Å². The van der Waals surface area contributed by atoms with Crippen molar-refractivity contribution in [3.05, 3.63) is 71.8 Å². The standard InChI is InChI=1S/C37H46N4O10/c1-36(2,3)50-32(44)38-28(30(42)40-24(20-48-34(40)46)17-22-13-9-7-10-14-22)26-19-27(26)29(39-33(45)51-37(4,5)6)31(43)41-25(21-49-35(41)47)18-23-15-11-8-12-16-23/h7-16,24-29H,17-21H2,1-6H3,(H,38,44)(H,39,45)/t24-,25-,26-,27-,28-,29-/m0/s1. The molecule has 5 rings (SSSR count). The molecule has 0 aromatic heterocycles. The molecule has 2 heterocycles. The highest BCUT2D eigenvalue weighted by atomic mass is 16.6. The van der Waals surface area contributed by atoms with Gasteiger partial charge in [0.15, 0.2) is 0 Å². The maximum Gasteiger partial charge on any atom is 0.417 e. The minimum absolute atomic E-state index is 0.0477. The molecule has 6 atom stereocenters. The third-order valence-corrected chi connectivity index (χ3v) is 8.65. The topological polar surface area (TPSA) is 170 Å². The minimum atomic E-state index is -1.35. The molecule has 0 radical (unpaired) electrons. The lowest BCUT2D eigenvalue weighted by atomic mass is 10.0. The first-order valence-electron chi connectivity index (χ1n) is 17.1. The van der Waals surface area contributed by atoms with Crippen molar-refractivity contribution in [2.45, 2.75) is 96.2 Å². The van der Waals surface area contributed by atoms with Crippen molar-refractivity contribution < 1.29 is 47.7 Å². The fourth-order valence-corrected chi connectivity index (χ4v) is 6.41. The van der Waals surface area contributed by atoms with Gasteiger partial charge in [-0.15, -0.1) is 0 Å². The Hall–Kier alpha value is -5.14. The van der Waals surface area contributed by atoms with E-state index in [-0.39, 0.29) is 19.6 Å². The Kier molecular flexibility index (Phi) is 10.9. The smallest absolute Gasteiger partial charge is 0.417 e. The van der Waals surface area contributed by atoms with Gasteiger partial charge < -0.3 is 29.6 Å². The van der Waals surface area contributed by atoms with Gasteiger partial charge in [0, 0.05) is 0 Å². The van der Waals surface area contributed by atoms with Gasteiger partial charge in [-0.1, -0.05) is 60.7 Å². The average Bonchev–Trinajstić information content (AvgIpc) is 3.62. The normalized spacial score (nSPS) is 22.7. The lowest BCUT2D eigenvalue weighted by molar-refractivity contribution is -0.134. The molecule has 1 aliphatic carbocycles. The van der Waals surface area contributed by atoms with E-state index in [9.17, 15) is 28.8 Å². The second-order valence-electron chi connectivity index (χ2n) is 15.1. The molecule has 2 saturated heterocycles. The molecule has 14 heteroatoms. The fraction of sp³-hybridized carbons (Fsp3) is 0.514. The third kappa shape index (κ3) is 9.56. The molecule has 3 aliphatic rings. The van der Waals surface area contributed by atoms with Crippen LogP contribution in [0, 0.1) is 11.8 Å². The van der Waals surface area contributed by atoms with Crippen LogP contribution in [0.4, 0.5) is 19.2 Å². The Morgan fingerprint density at radius 3 is 1.35 bits per heavy atom. The zero-order valence-corrected chi connectivity index (χ0v) is 29.8. The van der Waals surface area contributed by atoms with Gasteiger partial charge in [-0.2, -0.15) is 0 Å². The zero-order chi connectivity index (χ0) is 37.1. The summed E-state index contributed by atoms with van der Waals surface area (Å²) < 4.78 is 21.5. The van der Waals surface area contributed by atoms with Crippen LogP contribution in [0.3, 0.4) is 0 Å². The van der Waals surface area contributed by atoms with E-state index >= 15 is 0 Å². The molecule has 3 fully saturated rings. The van der Waals surface area contributed by atoms with Crippen LogP contribution in [0.2, 0.25) is 0 Å². The predicted octanol–water partition coefficient (Wildman–Crippen LogP) is 4.59. The van der Waals surface area contributed by atoms with E-state index in [0.717, 1.165) is 20.9 Å². The lowest BCUT2D eigenvalue weighted by Gasteiger charge is -2.29. The Morgan fingerprint density at radius 1 is 0.667 bits per heavy atom. The van der Waals surface area contributed by atoms with Crippen molar-refractivity contribution in [2.75, 3.05) is 13.2 Å². The molecule has 2 aliphatic heterocycles. The van der Waals surface area contributed by atoms with Gasteiger partial charge >= 0.3 is 24.4 Å². The minimum Gasteiger partial charge on any atom is -0.447 e. The summed E-state index contributed by atoms with van der Waals surface area (Å²) in [7, 11) is 0. The zero-order valence-electron chi connectivity index (χ0n) is 29.8. The first-order chi connectivity index (χ1) is 24.0. The van der Waals surface area contributed by atoms with Crippen LogP contribution in [0.15, 0.2) is 60.7 Å². The highest BCUT2D eigenvalue weighted by Gasteiger charge is 2.57. The van der Waals surface area contributed by atoms with Crippen molar-refractivity contribution in [1.82, 2.24) is 20.4 Å². The Balaban J connectivity index is 1.44. The van der Waals surface area contributed by atoms with Crippen molar-refractivity contribution in [1.29, 1.82) is 0 Å². The van der Waals surface area contributed by atoms with Crippen LogP contribution < -0.4 is 10.6 Å². The van der Waals surface area contributed by atoms with Gasteiger partial charge in [0.25, 0.3) is 11.8 Å². The molecule has 0 bridgehead atoms. The highest BCUT2D eigenvalue weighted by molar-refractivity contribution is 6.00. The third-order valence-electron chi connectivity index (χ3n) is 8.65. The molecule has 14 nitrogen and oxygen atoms in total. The van der Waals surface area contributed by atoms with Crippen LogP contribution in [0.1, 0.15) is 59.1 Å². The fourth-order valence-electron chi connectivity index (χ4n) is 6.41. The molecule has 51 heavy (non-hydrogen) atoms. The molecular formula is C37H46N4O10. The summed E-state index contributed by atoms with van der Waals surface area (Å²) in [5.74, 6) is -3.01. The molecule has 2 N–H and O–H groups in total. The summed E-state index contributed by atoms with van der Waals surface area (Å²) in [4.78, 5) is 83.0. The van der Waals surface area contributed by atoms with Crippen molar-refractivity contribution in [3.63, 3.8) is 0 Å². The van der Waals surface area contributed by atoms with E-state index in [0.29, 0.717) is 12.8 Å². The number of cyclic esters (lactones) is 2. The van der Waals surface area contributed by atoms with Crippen molar-refractivity contribution in [3.8, 4) is 0 Å². The number of amides is 6. The van der Waals surface area contributed by atoms with Crippen LogP contribution in [0.25, 0.3) is 0 Å². The molecule has 0 unspecified atom stereocenters. The van der Waals surface area contributed by atoms with E-state index < -0.39 is 83.4 Å². The molecule has 2 aromatic rings. The summed E-state index contributed by atoms with van der Waals surface area (Å²) in [5.41, 5.74) is -0.0865. The Morgan fingerprint density at radius 2 is 1.02 bits per heavy atom. The summed E-state index contributed by atoms with van der Waals surface area (Å²) in [6, 6.07) is 14.5. The second-order valence-corrected chi connectivity index (χ2v) is 15.1. The first kappa shape index (κ1) is 37.1. The number of benzene rings is 2. The lowest BCUT2D eigenvalue weighted by Crippen LogP contribution is -2.56. The van der Waals surface area contributed by atoms with E-state index in [4.69, 9.17) is 18.9 Å². The maximum absolute atomic E-state index is 14.3. The van der Waals surface area contributed by atoms with Gasteiger partial charge in [0.1, 0.15) is 36.5 Å². The number of nitrogens with zero attached hydrogens (tertiary/aromatic N) is 2. The number of alkyl carbamates (subject to hydrolysis) is 2. The molecule has 2 aromatic carbocycles. The van der Waals surface area contributed by atoms with E-state index in [2.05, 4.69) is 10.6 Å². The van der Waals surface area contributed by atoms with Crippen LogP contribution in [-0.2, 0) is 41.4 Å². The van der Waals surface area contributed by atoms with Gasteiger partial charge in [0.2, 0.25) is 0 Å². The van der Waals surface area contributed by atoms with E-state index in [1.807, 2.05) is 60.7 Å². The molecule has 6 amide bonds. The van der Waals surface area contributed by atoms with Crippen molar-refractivity contribution in [2.24, 2.45) is 11.8 Å². The number of carbonyl (C=O) groups excluding carboxylic acids is 6. The molecular weight excluding hydrogens is 660 g/mol. The largest absolute Gasteiger partial charge is 0.447 e. The predicted molar refractivity (Wildman–Crippen MR) is 182 cm³/mol. The summed E-state index contributed by atoms with van der Waals surface area (Å²) in [6.07, 6.45) is -2.76. The summed E-state index contributed by atoms with van der Waals surface area (Å²) in [5, 5.41) is 5.26. The van der Waals surface area contributed by atoms with Gasteiger partial charge in [-0.25, -0.2) is 29.0 Å². The number of ether oxygens (including phenoxy) is 4. The summed E-state index contributed by atoms with van der Waals surface area (Å²) >= 11 is 0. The van der Waals surface area contributed by atoms with Gasteiger partial charge in [0.05, 0.1) is 12.1 Å². The van der Waals surface area contributed by atoms with Gasteiger partial charge in [-0.3, -0.25) is 9.59 Å². The number of hydrogen-bond acceptors (Lipinski definition) is 10.